The summed E-state index contributed by atoms with van der Waals surface area (Å²) in [5, 5.41) is 1.81. The molecule has 1 unspecified atom stereocenters. The Bertz CT molecular complexity index is 324. The van der Waals surface area contributed by atoms with Gasteiger partial charge in [0.05, 0.1) is 0 Å². The highest BCUT2D eigenvalue weighted by Crippen LogP contribution is 2.07. The summed E-state index contributed by atoms with van der Waals surface area (Å²) in [5.74, 6) is 1.45. The van der Waals surface area contributed by atoms with E-state index in [1.165, 1.54) is 12.7 Å². The first-order chi connectivity index (χ1) is 6.27. The largest absolute Gasteiger partial charge is 0.305 e. The van der Waals surface area contributed by atoms with E-state index in [1.807, 2.05) is 19.1 Å². The standard InChI is InChI=1S/C7H10N6/c1-13(2)12-7-5-6(9-3-8-5)10-4-11-7/h3-5H,1-2H3,(H,8,9,10,11,12). The van der Waals surface area contributed by atoms with Gasteiger partial charge in [0.15, 0.2) is 17.7 Å². The van der Waals surface area contributed by atoms with Crippen LogP contribution in [-0.2, 0) is 0 Å². The average molecular weight is 178 g/mol. The molecule has 0 radical (unpaired) electrons. The highest BCUT2D eigenvalue weighted by atomic mass is 15.5. The molecule has 0 aromatic rings. The van der Waals surface area contributed by atoms with Crippen LogP contribution in [0.1, 0.15) is 0 Å². The van der Waals surface area contributed by atoms with Gasteiger partial charge in [-0.25, -0.2) is 20.0 Å². The van der Waals surface area contributed by atoms with Crippen molar-refractivity contribution in [2.24, 2.45) is 20.0 Å². The molecule has 0 aliphatic carbocycles. The predicted molar refractivity (Wildman–Crippen MR) is 52.5 cm³/mol. The second kappa shape index (κ2) is 3.06. The molecule has 0 spiro atoms. The van der Waals surface area contributed by atoms with Gasteiger partial charge in [0, 0.05) is 14.1 Å². The summed E-state index contributed by atoms with van der Waals surface area (Å²) in [5.41, 5.74) is 3.05. The molecule has 2 heterocycles. The molecule has 1 atom stereocenters. The average Bonchev–Trinajstić information content (AvgIpc) is 2.51. The summed E-state index contributed by atoms with van der Waals surface area (Å²) in [6, 6.07) is -0.146. The third-order valence-corrected chi connectivity index (χ3v) is 1.63. The van der Waals surface area contributed by atoms with Gasteiger partial charge < -0.3 is 5.43 Å². The van der Waals surface area contributed by atoms with Crippen LogP contribution in [0.25, 0.3) is 0 Å². The maximum atomic E-state index is 4.13. The van der Waals surface area contributed by atoms with Crippen LogP contribution >= 0.6 is 0 Å². The quantitative estimate of drug-likeness (QED) is 0.540. The van der Waals surface area contributed by atoms with Crippen molar-refractivity contribution in [2.75, 3.05) is 14.1 Å². The first-order valence-electron chi connectivity index (χ1n) is 3.91. The van der Waals surface area contributed by atoms with Gasteiger partial charge in [0.25, 0.3) is 0 Å². The molecule has 0 saturated heterocycles. The molecule has 0 bridgehead atoms. The number of hydrogen-bond donors (Lipinski definition) is 1. The predicted octanol–water partition coefficient (Wildman–Crippen LogP) is -0.698. The van der Waals surface area contributed by atoms with Crippen molar-refractivity contribution in [3.05, 3.63) is 0 Å². The van der Waals surface area contributed by atoms with E-state index in [9.17, 15) is 0 Å². The van der Waals surface area contributed by atoms with Crippen LogP contribution in [0.4, 0.5) is 0 Å². The van der Waals surface area contributed by atoms with Crippen molar-refractivity contribution in [3.8, 4) is 0 Å². The molecule has 2 aliphatic heterocycles. The molecule has 2 rings (SSSR count). The Morgan fingerprint density at radius 3 is 2.92 bits per heavy atom. The molecule has 2 aliphatic rings. The maximum Gasteiger partial charge on any atom is 0.170 e. The number of amidine groups is 2. The van der Waals surface area contributed by atoms with E-state index >= 15 is 0 Å². The van der Waals surface area contributed by atoms with Crippen LogP contribution in [0, 0.1) is 0 Å². The van der Waals surface area contributed by atoms with Gasteiger partial charge in [-0.15, -0.1) is 0 Å². The zero-order valence-corrected chi connectivity index (χ0v) is 7.47. The summed E-state index contributed by atoms with van der Waals surface area (Å²) < 4.78 is 0. The van der Waals surface area contributed by atoms with E-state index < -0.39 is 0 Å². The highest BCUT2D eigenvalue weighted by Gasteiger charge is 2.26. The fourth-order valence-electron chi connectivity index (χ4n) is 1.13. The molecule has 13 heavy (non-hydrogen) atoms. The lowest BCUT2D eigenvalue weighted by atomic mass is 10.2. The lowest BCUT2D eigenvalue weighted by Crippen LogP contribution is -2.45. The Balaban J connectivity index is 2.19. The second-order valence-electron chi connectivity index (χ2n) is 2.92. The van der Waals surface area contributed by atoms with E-state index in [1.54, 1.807) is 0 Å². The number of nitrogens with one attached hydrogen (secondary N) is 1. The fourth-order valence-corrected chi connectivity index (χ4v) is 1.13. The highest BCUT2D eigenvalue weighted by molar-refractivity contribution is 6.19. The minimum atomic E-state index is -0.146. The SMILES string of the molecule is CN(C)NC1=NC=NC2=NC=NC21. The molecule has 6 heteroatoms. The van der Waals surface area contributed by atoms with E-state index in [4.69, 9.17) is 0 Å². The Morgan fingerprint density at radius 1 is 1.31 bits per heavy atom. The molecule has 1 N–H and O–H groups in total. The third kappa shape index (κ3) is 1.48. The lowest BCUT2D eigenvalue weighted by molar-refractivity contribution is 0.359. The van der Waals surface area contributed by atoms with Crippen LogP contribution in [0.5, 0.6) is 0 Å². The zero-order chi connectivity index (χ0) is 9.26. The van der Waals surface area contributed by atoms with Crippen molar-refractivity contribution < 1.29 is 0 Å². The van der Waals surface area contributed by atoms with Crippen LogP contribution in [0.2, 0.25) is 0 Å². The van der Waals surface area contributed by atoms with Crippen molar-refractivity contribution in [3.63, 3.8) is 0 Å². The molecule has 68 valence electrons. The summed E-state index contributed by atoms with van der Waals surface area (Å²) in [7, 11) is 3.79. The molecular weight excluding hydrogens is 168 g/mol. The van der Waals surface area contributed by atoms with Gasteiger partial charge >= 0.3 is 0 Å². The normalized spacial score (nSPS) is 24.4. The summed E-state index contributed by atoms with van der Waals surface area (Å²) in [6.07, 6.45) is 2.99. The zero-order valence-electron chi connectivity index (χ0n) is 7.47. The molecule has 6 nitrogen and oxygen atoms in total. The smallest absolute Gasteiger partial charge is 0.170 e. The lowest BCUT2D eigenvalue weighted by Gasteiger charge is -2.19. The molecule has 0 aromatic carbocycles. The Morgan fingerprint density at radius 2 is 2.15 bits per heavy atom. The van der Waals surface area contributed by atoms with Gasteiger partial charge in [-0.1, -0.05) is 0 Å². The van der Waals surface area contributed by atoms with Crippen molar-refractivity contribution >= 4 is 24.3 Å². The minimum absolute atomic E-state index is 0.146. The van der Waals surface area contributed by atoms with E-state index in [-0.39, 0.29) is 6.04 Å². The summed E-state index contributed by atoms with van der Waals surface area (Å²) in [4.78, 5) is 16.2. The molecule has 0 fully saturated rings. The van der Waals surface area contributed by atoms with Crippen molar-refractivity contribution in [2.45, 2.75) is 6.04 Å². The van der Waals surface area contributed by atoms with Crippen molar-refractivity contribution in [1.29, 1.82) is 0 Å². The summed E-state index contributed by atoms with van der Waals surface area (Å²) in [6.45, 7) is 0. The van der Waals surface area contributed by atoms with Crippen LogP contribution in [0.3, 0.4) is 0 Å². The van der Waals surface area contributed by atoms with Gasteiger partial charge in [0.1, 0.15) is 12.7 Å². The number of rotatable bonds is 1. The Hall–Kier alpha value is -1.56. The number of hydrogen-bond acceptors (Lipinski definition) is 6. The van der Waals surface area contributed by atoms with Crippen LogP contribution in [-0.4, -0.2) is 49.5 Å². The second-order valence-corrected chi connectivity index (χ2v) is 2.92. The first-order valence-corrected chi connectivity index (χ1v) is 3.91. The van der Waals surface area contributed by atoms with E-state index in [0.29, 0.717) is 5.84 Å². The van der Waals surface area contributed by atoms with Crippen molar-refractivity contribution in [1.82, 2.24) is 10.4 Å². The van der Waals surface area contributed by atoms with Gasteiger partial charge in [-0.2, -0.15) is 0 Å². The van der Waals surface area contributed by atoms with Crippen LogP contribution < -0.4 is 5.43 Å². The van der Waals surface area contributed by atoms with Gasteiger partial charge in [-0.05, 0) is 0 Å². The molecule has 0 aromatic heterocycles. The van der Waals surface area contributed by atoms with Gasteiger partial charge in [-0.3, -0.25) is 4.99 Å². The minimum Gasteiger partial charge on any atom is -0.305 e. The molecule has 0 amide bonds. The van der Waals surface area contributed by atoms with E-state index in [2.05, 4.69) is 25.4 Å². The number of hydrazine groups is 1. The fraction of sp³-hybridized carbons (Fsp3) is 0.429. The number of aliphatic imine (C=N–C) groups is 4. The Labute approximate surface area is 75.8 Å². The first kappa shape index (κ1) is 8.06. The monoisotopic (exact) mass is 178 g/mol. The topological polar surface area (TPSA) is 64.7 Å². The van der Waals surface area contributed by atoms with Crippen LogP contribution in [0.15, 0.2) is 20.0 Å². The Kier molecular flexibility index (Phi) is 1.90. The molecular formula is C7H10N6. The maximum absolute atomic E-state index is 4.13. The number of nitrogens with zero attached hydrogens (tertiary/aromatic N) is 5. The third-order valence-electron chi connectivity index (χ3n) is 1.63. The molecule has 0 saturated carbocycles. The van der Waals surface area contributed by atoms with Gasteiger partial charge in [0.2, 0.25) is 0 Å². The van der Waals surface area contributed by atoms with E-state index in [0.717, 1.165) is 5.84 Å². The number of fused-ring (bicyclic) bond motifs is 1. The summed E-state index contributed by atoms with van der Waals surface area (Å²) >= 11 is 0.